The van der Waals surface area contributed by atoms with E-state index in [9.17, 15) is 53.7 Å². The molecule has 2 saturated heterocycles. The number of primary amides is 1. The molecule has 3 aromatic rings. The van der Waals surface area contributed by atoms with Crippen molar-refractivity contribution in [1.29, 1.82) is 0 Å². The van der Waals surface area contributed by atoms with E-state index in [2.05, 4.69) is 51.8 Å². The SMILES string of the molecule is CC1=C(NCCSSC[C@H](NC(=O)[C@H](N)CNC(=O)CC[C@@H](NC(=O)c2ccc(NCc3cnc4nc(N)nc(O)c4n3)cc2)C(=O)O)C(=O)O)C(=O)C2=C(C1=O)N1CC3NC3C1[C@@H]2COC(N)=O. The molecular weight excluding hydrogens is 945 g/mol. The first kappa shape index (κ1) is 49.6. The monoisotopic (exact) mass is 992 g/mol. The molecule has 3 unspecified atom stereocenters. The zero-order valence-electron chi connectivity index (χ0n) is 36.6. The van der Waals surface area contributed by atoms with Gasteiger partial charge in [0.15, 0.2) is 11.2 Å². The van der Waals surface area contributed by atoms with Crippen molar-refractivity contribution >= 4 is 91.7 Å². The number of nitrogens with two attached hydrogens (primary N) is 3. The summed E-state index contributed by atoms with van der Waals surface area (Å²) < 4.78 is 5.10. The van der Waals surface area contributed by atoms with E-state index in [0.717, 1.165) is 10.8 Å². The van der Waals surface area contributed by atoms with Gasteiger partial charge in [-0.25, -0.2) is 24.4 Å². The Hall–Kier alpha value is -7.30. The summed E-state index contributed by atoms with van der Waals surface area (Å²) in [6.45, 7) is 1.98. The molecule has 4 aliphatic rings. The standard InChI is InChI=1S/C41H48N14O12S2/c1-16-27(33(58)26-20(14-67-41(44)66)30-28-23(50-28)13-55(30)31(26)32(16)57)45-8-9-68-69-15-24(39(64)65)52-36(60)21(42)12-47-25(56)7-6-22(38(62)63)51-35(59)17-2-4-18(5-3-17)46-10-19-11-48-34-29(49-19)37(61)54-40(43)53-34/h2-5,11,20-24,28,30,45-46,50H,6-10,12-15,42H2,1H3,(H2,44,66)(H,47,56)(H,51,59)(H,52,60)(H,62,63)(H,64,65)(H3,43,48,53,54,61)/t20-,21-,22-,23?,24+,28?,30?/m1/s1. The molecule has 0 radical (unpaired) electrons. The molecule has 0 spiro atoms. The Balaban J connectivity index is 0.792. The lowest BCUT2D eigenvalue weighted by Crippen LogP contribution is -2.53. The van der Waals surface area contributed by atoms with E-state index in [1.54, 1.807) is 19.1 Å². The number of nitrogens with zero attached hydrogens (tertiary/aromatic N) is 5. The van der Waals surface area contributed by atoms with E-state index in [-0.39, 0.29) is 108 Å². The fourth-order valence-corrected chi connectivity index (χ4v) is 10.2. The van der Waals surface area contributed by atoms with Crippen LogP contribution < -0.4 is 49.1 Å². The van der Waals surface area contributed by atoms with Gasteiger partial charge in [-0.15, -0.1) is 0 Å². The topological polar surface area (TPSA) is 421 Å². The highest BCUT2D eigenvalue weighted by molar-refractivity contribution is 8.76. The number of fused-ring (bicyclic) bond motifs is 5. The summed E-state index contributed by atoms with van der Waals surface area (Å²) in [6.07, 6.45) is -0.222. The Bertz CT molecular complexity index is 2650. The molecule has 0 saturated carbocycles. The second kappa shape index (κ2) is 21.3. The Labute approximate surface area is 399 Å². The van der Waals surface area contributed by atoms with Crippen molar-refractivity contribution in [1.82, 2.24) is 51.4 Å². The molecule has 5 heterocycles. The van der Waals surface area contributed by atoms with Crippen LogP contribution in [-0.4, -0.2) is 161 Å². The summed E-state index contributed by atoms with van der Waals surface area (Å²) in [5.41, 5.74) is 19.0. The summed E-state index contributed by atoms with van der Waals surface area (Å²) in [4.78, 5) is 119. The number of carbonyl (C=O) groups excluding carboxylic acids is 6. The minimum absolute atomic E-state index is 0.0616. The van der Waals surface area contributed by atoms with Crippen LogP contribution in [0.15, 0.2) is 53.0 Å². The number of aliphatic carboxylic acids is 2. The van der Waals surface area contributed by atoms with Crippen molar-refractivity contribution in [2.45, 2.75) is 62.6 Å². The molecule has 28 heteroatoms. The quantitative estimate of drug-likeness (QED) is 0.0206. The van der Waals surface area contributed by atoms with Crippen LogP contribution in [0.2, 0.25) is 0 Å². The van der Waals surface area contributed by atoms with E-state index < -0.39 is 72.2 Å². The minimum atomic E-state index is -1.45. The average Bonchev–Trinajstić information content (AvgIpc) is 3.86. The highest BCUT2D eigenvalue weighted by atomic mass is 33.1. The van der Waals surface area contributed by atoms with E-state index in [0.29, 0.717) is 29.4 Å². The predicted molar refractivity (Wildman–Crippen MR) is 247 cm³/mol. The number of allylic oxidation sites excluding steroid dienone is 2. The lowest BCUT2D eigenvalue weighted by Gasteiger charge is -2.27. The molecule has 2 fully saturated rings. The number of carbonyl (C=O) groups is 8. The lowest BCUT2D eigenvalue weighted by atomic mass is 9.84. The second-order valence-electron chi connectivity index (χ2n) is 16.2. The predicted octanol–water partition coefficient (Wildman–Crippen LogP) is -2.30. The van der Waals surface area contributed by atoms with E-state index in [4.69, 9.17) is 21.9 Å². The molecule has 69 heavy (non-hydrogen) atoms. The third kappa shape index (κ3) is 11.5. The Morgan fingerprint density at radius 2 is 1.72 bits per heavy atom. The maximum Gasteiger partial charge on any atom is 0.404 e. The smallest absolute Gasteiger partial charge is 0.404 e. The fourth-order valence-electron chi connectivity index (χ4n) is 8.11. The third-order valence-electron chi connectivity index (χ3n) is 11.6. The minimum Gasteiger partial charge on any atom is -0.492 e. The first-order chi connectivity index (χ1) is 32.9. The number of ether oxygens (including phenoxy) is 1. The van der Waals surface area contributed by atoms with Crippen LogP contribution in [-0.2, 0) is 40.0 Å². The number of piperazine rings is 1. The van der Waals surface area contributed by atoms with Gasteiger partial charge >= 0.3 is 18.0 Å². The molecule has 1 aliphatic carbocycles. The number of hydrogen-bond donors (Lipinski definition) is 12. The number of benzene rings is 1. The second-order valence-corrected chi connectivity index (χ2v) is 18.8. The van der Waals surface area contributed by atoms with Gasteiger partial charge in [0.25, 0.3) is 5.91 Å². The normalized spacial score (nSPS) is 20.3. The number of carboxylic acid groups (broad SMARTS) is 2. The zero-order chi connectivity index (χ0) is 49.7. The summed E-state index contributed by atoms with van der Waals surface area (Å²) in [5, 5.41) is 46.1. The molecule has 2 aromatic heterocycles. The summed E-state index contributed by atoms with van der Waals surface area (Å²) in [6, 6.07) is 1.91. The number of rotatable bonds is 23. The van der Waals surface area contributed by atoms with Crippen molar-refractivity contribution in [3.63, 3.8) is 0 Å². The lowest BCUT2D eigenvalue weighted by molar-refractivity contribution is -0.141. The number of amides is 4. The van der Waals surface area contributed by atoms with Gasteiger partial charge in [0.2, 0.25) is 35.2 Å². The average molecular weight is 993 g/mol. The number of Topliss-reactive ketones (excluding diaryl/α,β-unsaturated/α-hetero) is 2. The van der Waals surface area contributed by atoms with Gasteiger partial charge in [-0.2, -0.15) is 9.97 Å². The molecule has 3 aliphatic heterocycles. The number of carboxylic acids is 2. The summed E-state index contributed by atoms with van der Waals surface area (Å²) >= 11 is 0. The van der Waals surface area contributed by atoms with Gasteiger partial charge in [-0.05, 0) is 37.6 Å². The Kier molecular flexibility index (Phi) is 15.3. The van der Waals surface area contributed by atoms with E-state index in [1.807, 2.05) is 4.90 Å². The van der Waals surface area contributed by atoms with Crippen molar-refractivity contribution < 1.29 is 58.4 Å². The highest BCUT2D eigenvalue weighted by Gasteiger charge is 2.62. The maximum atomic E-state index is 13.8. The number of aromatic hydroxyl groups is 1. The molecule has 26 nitrogen and oxygen atoms in total. The van der Waals surface area contributed by atoms with Crippen LogP contribution in [0.4, 0.5) is 16.4 Å². The number of nitrogen functional groups attached to an aromatic ring is 1. The van der Waals surface area contributed by atoms with Crippen LogP contribution in [0.5, 0.6) is 5.88 Å². The molecule has 7 rings (SSSR count). The van der Waals surface area contributed by atoms with Gasteiger partial charge in [-0.1, -0.05) is 21.6 Å². The van der Waals surface area contributed by atoms with Crippen molar-refractivity contribution in [3.05, 3.63) is 64.3 Å². The molecule has 366 valence electrons. The van der Waals surface area contributed by atoms with Gasteiger partial charge < -0.3 is 74.1 Å². The molecule has 4 amide bonds. The summed E-state index contributed by atoms with van der Waals surface area (Å²) in [5.74, 6) is -6.48. The van der Waals surface area contributed by atoms with E-state index in [1.165, 1.54) is 29.1 Å². The molecular formula is C41H48N14O12S2. The first-order valence-electron chi connectivity index (χ1n) is 21.3. The van der Waals surface area contributed by atoms with Crippen molar-refractivity contribution in [2.24, 2.45) is 17.4 Å². The van der Waals surface area contributed by atoms with Gasteiger partial charge in [0.05, 0.1) is 35.9 Å². The van der Waals surface area contributed by atoms with Crippen molar-refractivity contribution in [2.75, 3.05) is 48.8 Å². The van der Waals surface area contributed by atoms with Gasteiger partial charge in [0, 0.05) is 78.0 Å². The van der Waals surface area contributed by atoms with Crippen LogP contribution in [0.3, 0.4) is 0 Å². The van der Waals surface area contributed by atoms with Crippen LogP contribution in [0, 0.1) is 5.92 Å². The molecule has 1 aromatic carbocycles. The number of ketones is 2. The number of nitrogens with one attached hydrogen (secondary N) is 6. The van der Waals surface area contributed by atoms with E-state index >= 15 is 0 Å². The number of hydrogen-bond acceptors (Lipinski definition) is 22. The number of anilines is 2. The van der Waals surface area contributed by atoms with Crippen molar-refractivity contribution in [3.8, 4) is 5.88 Å². The van der Waals surface area contributed by atoms with Gasteiger partial charge in [-0.3, -0.25) is 24.0 Å². The van der Waals surface area contributed by atoms with Crippen LogP contribution in [0.25, 0.3) is 11.2 Å². The molecule has 0 bridgehead atoms. The Morgan fingerprint density at radius 1 is 0.986 bits per heavy atom. The maximum absolute atomic E-state index is 13.8. The molecule has 15 N–H and O–H groups in total. The first-order valence-corrected chi connectivity index (χ1v) is 23.8. The Morgan fingerprint density at radius 3 is 2.43 bits per heavy atom. The van der Waals surface area contributed by atoms with Crippen LogP contribution in [0.1, 0.15) is 35.8 Å². The highest BCUT2D eigenvalue weighted by Crippen LogP contribution is 2.48. The third-order valence-corrected chi connectivity index (χ3v) is 14.0. The number of aromatic nitrogens is 4. The van der Waals surface area contributed by atoms with Crippen LogP contribution >= 0.6 is 21.6 Å². The van der Waals surface area contributed by atoms with Gasteiger partial charge in [0.1, 0.15) is 24.7 Å². The fraction of sp³-hybridized carbons (Fsp3) is 0.415. The zero-order valence-corrected chi connectivity index (χ0v) is 38.2. The molecule has 7 atom stereocenters. The summed E-state index contributed by atoms with van der Waals surface area (Å²) in [7, 11) is 2.38. The largest absolute Gasteiger partial charge is 0.492 e.